The summed E-state index contributed by atoms with van der Waals surface area (Å²) in [5.74, 6) is 0.658. The minimum Gasteiger partial charge on any atom is -0.435 e. The molecule has 15 heavy (non-hydrogen) atoms. The normalized spacial score (nSPS) is 10.9. The molecule has 0 saturated heterocycles. The van der Waals surface area contributed by atoms with Gasteiger partial charge in [-0.2, -0.15) is 0 Å². The van der Waals surface area contributed by atoms with Gasteiger partial charge in [0, 0.05) is 11.8 Å². The second-order valence-corrected chi connectivity index (χ2v) is 4.17. The molecule has 0 amide bonds. The van der Waals surface area contributed by atoms with E-state index in [-0.39, 0.29) is 0 Å². The highest BCUT2D eigenvalue weighted by Crippen LogP contribution is 2.28. The van der Waals surface area contributed by atoms with Gasteiger partial charge < -0.3 is 10.2 Å². The number of benzene rings is 1. The third-order valence-electron chi connectivity index (χ3n) is 2.14. The van der Waals surface area contributed by atoms with E-state index in [1.165, 1.54) is 0 Å². The molecule has 2 heterocycles. The molecule has 3 aromatic rings. The molecule has 3 nitrogen and oxygen atoms in total. The Bertz CT molecular complexity index is 598. The van der Waals surface area contributed by atoms with Crippen LogP contribution in [0.1, 0.15) is 0 Å². The number of fused-ring (bicyclic) bond motifs is 1. The molecule has 0 fully saturated rings. The van der Waals surface area contributed by atoms with Gasteiger partial charge in [-0.25, -0.2) is 4.98 Å². The van der Waals surface area contributed by atoms with Crippen LogP contribution < -0.4 is 5.73 Å². The number of thiophene rings is 1. The number of hydrogen-bond donors (Lipinski definition) is 1. The zero-order chi connectivity index (χ0) is 10.3. The van der Waals surface area contributed by atoms with Gasteiger partial charge in [0.15, 0.2) is 5.58 Å². The highest BCUT2D eigenvalue weighted by atomic mass is 32.1. The van der Waals surface area contributed by atoms with Crippen LogP contribution in [0.3, 0.4) is 0 Å². The topological polar surface area (TPSA) is 52.0 Å². The first-order chi connectivity index (χ1) is 7.33. The Balaban J connectivity index is 2.22. The predicted octanol–water partition coefficient (Wildman–Crippen LogP) is 3.14. The van der Waals surface area contributed by atoms with Crippen molar-refractivity contribution < 1.29 is 4.42 Å². The summed E-state index contributed by atoms with van der Waals surface area (Å²) in [6.07, 6.45) is 0. The molecule has 0 unspecified atom stereocenters. The molecule has 0 aliphatic rings. The standard InChI is InChI=1S/C11H8N2OS/c12-7-3-4-8-9(6-7)14-11(13-8)10-2-1-5-15-10/h1-6H,12H2. The first-order valence-corrected chi connectivity index (χ1v) is 5.41. The number of aromatic nitrogens is 1. The van der Waals surface area contributed by atoms with Gasteiger partial charge >= 0.3 is 0 Å². The number of nitrogens with two attached hydrogens (primary N) is 1. The van der Waals surface area contributed by atoms with E-state index in [9.17, 15) is 0 Å². The van der Waals surface area contributed by atoms with Crippen LogP contribution in [-0.2, 0) is 0 Å². The van der Waals surface area contributed by atoms with Crippen molar-refractivity contribution in [1.29, 1.82) is 0 Å². The quantitative estimate of drug-likeness (QED) is 0.636. The van der Waals surface area contributed by atoms with Crippen molar-refractivity contribution in [3.8, 4) is 10.8 Å². The van der Waals surface area contributed by atoms with Crippen molar-refractivity contribution in [2.75, 3.05) is 5.73 Å². The highest BCUT2D eigenvalue weighted by molar-refractivity contribution is 7.13. The summed E-state index contributed by atoms with van der Waals surface area (Å²) in [5.41, 5.74) is 7.93. The molecule has 2 N–H and O–H groups in total. The lowest BCUT2D eigenvalue weighted by atomic mass is 10.3. The number of hydrogen-bond acceptors (Lipinski definition) is 4. The predicted molar refractivity (Wildman–Crippen MR) is 61.7 cm³/mol. The number of nitrogens with zero attached hydrogens (tertiary/aromatic N) is 1. The van der Waals surface area contributed by atoms with E-state index in [0.29, 0.717) is 11.6 Å². The Morgan fingerprint density at radius 1 is 1.27 bits per heavy atom. The Morgan fingerprint density at radius 3 is 3.00 bits per heavy atom. The summed E-state index contributed by atoms with van der Waals surface area (Å²) in [5, 5.41) is 2.00. The van der Waals surface area contributed by atoms with Crippen molar-refractivity contribution >= 4 is 28.1 Å². The molecule has 0 bridgehead atoms. The molecule has 1 aromatic carbocycles. The van der Waals surface area contributed by atoms with Crippen molar-refractivity contribution in [3.63, 3.8) is 0 Å². The summed E-state index contributed by atoms with van der Waals surface area (Å²) < 4.78 is 5.61. The summed E-state index contributed by atoms with van der Waals surface area (Å²) >= 11 is 1.61. The fraction of sp³-hybridized carbons (Fsp3) is 0. The number of oxazole rings is 1. The third-order valence-corrected chi connectivity index (χ3v) is 3.00. The van der Waals surface area contributed by atoms with Gasteiger partial charge in [-0.15, -0.1) is 11.3 Å². The second kappa shape index (κ2) is 3.10. The average molecular weight is 216 g/mol. The highest BCUT2D eigenvalue weighted by Gasteiger charge is 2.08. The van der Waals surface area contributed by atoms with Gasteiger partial charge in [-0.05, 0) is 23.6 Å². The largest absolute Gasteiger partial charge is 0.435 e. The molecular weight excluding hydrogens is 208 g/mol. The smallest absolute Gasteiger partial charge is 0.237 e. The zero-order valence-electron chi connectivity index (χ0n) is 7.81. The minimum absolute atomic E-state index is 0.658. The van der Waals surface area contributed by atoms with Crippen molar-refractivity contribution in [1.82, 2.24) is 4.98 Å². The Morgan fingerprint density at radius 2 is 2.20 bits per heavy atom. The fourth-order valence-corrected chi connectivity index (χ4v) is 2.10. The molecule has 74 valence electrons. The Hall–Kier alpha value is -1.81. The SMILES string of the molecule is Nc1ccc2nc(-c3cccs3)oc2c1. The van der Waals surface area contributed by atoms with E-state index in [2.05, 4.69) is 4.98 Å². The number of rotatable bonds is 1. The average Bonchev–Trinajstić information content (AvgIpc) is 2.84. The van der Waals surface area contributed by atoms with Gasteiger partial charge in [0.25, 0.3) is 0 Å². The van der Waals surface area contributed by atoms with Gasteiger partial charge in [0.05, 0.1) is 4.88 Å². The lowest BCUT2D eigenvalue weighted by Gasteiger charge is -1.88. The second-order valence-electron chi connectivity index (χ2n) is 3.22. The van der Waals surface area contributed by atoms with E-state index in [0.717, 1.165) is 16.0 Å². The molecule has 3 rings (SSSR count). The van der Waals surface area contributed by atoms with Crippen LogP contribution in [0.25, 0.3) is 21.9 Å². The first kappa shape index (κ1) is 8.49. The Labute approximate surface area is 90.2 Å². The molecule has 0 radical (unpaired) electrons. The third kappa shape index (κ3) is 1.39. The lowest BCUT2D eigenvalue weighted by molar-refractivity contribution is 0.622. The maximum absolute atomic E-state index is 5.67. The van der Waals surface area contributed by atoms with Gasteiger partial charge in [-0.1, -0.05) is 6.07 Å². The first-order valence-electron chi connectivity index (χ1n) is 4.53. The molecular formula is C11H8N2OS. The molecule has 0 saturated carbocycles. The van der Waals surface area contributed by atoms with Gasteiger partial charge in [-0.3, -0.25) is 0 Å². The van der Waals surface area contributed by atoms with Crippen LogP contribution in [0.2, 0.25) is 0 Å². The van der Waals surface area contributed by atoms with E-state index < -0.39 is 0 Å². The minimum atomic E-state index is 0.658. The van der Waals surface area contributed by atoms with E-state index in [4.69, 9.17) is 10.2 Å². The van der Waals surface area contributed by atoms with Crippen LogP contribution >= 0.6 is 11.3 Å². The van der Waals surface area contributed by atoms with Crippen LogP contribution in [0.5, 0.6) is 0 Å². The van der Waals surface area contributed by atoms with E-state index in [1.807, 2.05) is 29.6 Å². The summed E-state index contributed by atoms with van der Waals surface area (Å²) in [6.45, 7) is 0. The van der Waals surface area contributed by atoms with Crippen LogP contribution in [0.4, 0.5) is 5.69 Å². The zero-order valence-corrected chi connectivity index (χ0v) is 8.62. The van der Waals surface area contributed by atoms with Crippen molar-refractivity contribution in [2.24, 2.45) is 0 Å². The molecule has 0 aliphatic carbocycles. The molecule has 0 atom stereocenters. The lowest BCUT2D eigenvalue weighted by Crippen LogP contribution is -1.81. The Kier molecular flexibility index (Phi) is 1.76. The van der Waals surface area contributed by atoms with Crippen LogP contribution in [-0.4, -0.2) is 4.98 Å². The van der Waals surface area contributed by atoms with Crippen LogP contribution in [0.15, 0.2) is 40.1 Å². The maximum atomic E-state index is 5.67. The monoisotopic (exact) mass is 216 g/mol. The molecule has 4 heteroatoms. The van der Waals surface area contributed by atoms with E-state index >= 15 is 0 Å². The van der Waals surface area contributed by atoms with Gasteiger partial charge in [0.1, 0.15) is 5.52 Å². The van der Waals surface area contributed by atoms with E-state index in [1.54, 1.807) is 17.4 Å². The van der Waals surface area contributed by atoms with Crippen LogP contribution in [0, 0.1) is 0 Å². The number of anilines is 1. The maximum Gasteiger partial charge on any atom is 0.237 e. The van der Waals surface area contributed by atoms with Crippen molar-refractivity contribution in [2.45, 2.75) is 0 Å². The molecule has 0 aliphatic heterocycles. The number of nitrogen functional groups attached to an aromatic ring is 1. The molecule has 0 spiro atoms. The summed E-state index contributed by atoms with van der Waals surface area (Å²) in [6, 6.07) is 9.44. The van der Waals surface area contributed by atoms with Crippen molar-refractivity contribution in [3.05, 3.63) is 35.7 Å². The summed E-state index contributed by atoms with van der Waals surface area (Å²) in [4.78, 5) is 5.42. The summed E-state index contributed by atoms with van der Waals surface area (Å²) in [7, 11) is 0. The molecule has 2 aromatic heterocycles. The van der Waals surface area contributed by atoms with Gasteiger partial charge in [0.2, 0.25) is 5.89 Å². The fourth-order valence-electron chi connectivity index (χ4n) is 1.45.